The molecule has 0 bridgehead atoms. The van der Waals surface area contributed by atoms with E-state index in [4.69, 9.17) is 5.73 Å². The van der Waals surface area contributed by atoms with Crippen molar-refractivity contribution in [2.24, 2.45) is 5.73 Å². The number of halogens is 1. The van der Waals surface area contributed by atoms with Crippen molar-refractivity contribution in [3.8, 4) is 0 Å². The molecular weight excluding hydrogens is 286 g/mol. The quantitative estimate of drug-likeness (QED) is 0.927. The SMILES string of the molecule is CC1CN(Cc2ccccc2)CCCN1C(=O)[C@@H](C)N.Cl. The summed E-state index contributed by atoms with van der Waals surface area (Å²) >= 11 is 0. The molecule has 21 heavy (non-hydrogen) atoms. The molecule has 0 spiro atoms. The first-order chi connectivity index (χ1) is 9.58. The molecule has 2 atom stereocenters. The summed E-state index contributed by atoms with van der Waals surface area (Å²) in [6, 6.07) is 10.3. The molecule has 0 saturated carbocycles. The van der Waals surface area contributed by atoms with Gasteiger partial charge in [0.1, 0.15) is 0 Å². The van der Waals surface area contributed by atoms with Gasteiger partial charge in [0.25, 0.3) is 0 Å². The number of nitrogens with two attached hydrogens (primary N) is 1. The van der Waals surface area contributed by atoms with E-state index in [0.29, 0.717) is 0 Å². The minimum absolute atomic E-state index is 0. The summed E-state index contributed by atoms with van der Waals surface area (Å²) in [7, 11) is 0. The maximum Gasteiger partial charge on any atom is 0.239 e. The highest BCUT2D eigenvalue weighted by atomic mass is 35.5. The number of carbonyl (C=O) groups is 1. The van der Waals surface area contributed by atoms with Crippen molar-refractivity contribution in [2.75, 3.05) is 19.6 Å². The number of benzene rings is 1. The Morgan fingerprint density at radius 3 is 2.62 bits per heavy atom. The molecule has 2 N–H and O–H groups in total. The highest BCUT2D eigenvalue weighted by Crippen LogP contribution is 2.14. The molecule has 1 aliphatic heterocycles. The fourth-order valence-electron chi connectivity index (χ4n) is 2.82. The molecule has 2 rings (SSSR count). The average Bonchev–Trinajstić information content (AvgIpc) is 2.60. The van der Waals surface area contributed by atoms with Crippen LogP contribution in [0.2, 0.25) is 0 Å². The summed E-state index contributed by atoms with van der Waals surface area (Å²) in [6.45, 7) is 7.58. The first kappa shape index (κ1) is 18.0. The zero-order valence-electron chi connectivity index (χ0n) is 12.9. The Morgan fingerprint density at radius 1 is 1.33 bits per heavy atom. The second-order valence-corrected chi connectivity index (χ2v) is 5.74. The van der Waals surface area contributed by atoms with Gasteiger partial charge in [-0.15, -0.1) is 12.4 Å². The summed E-state index contributed by atoms with van der Waals surface area (Å²) in [5, 5.41) is 0. The first-order valence-electron chi connectivity index (χ1n) is 7.40. The third-order valence-corrected chi connectivity index (χ3v) is 3.85. The van der Waals surface area contributed by atoms with E-state index in [-0.39, 0.29) is 24.4 Å². The maximum absolute atomic E-state index is 12.1. The van der Waals surface area contributed by atoms with Crippen LogP contribution >= 0.6 is 12.4 Å². The van der Waals surface area contributed by atoms with E-state index in [1.165, 1.54) is 5.56 Å². The van der Waals surface area contributed by atoms with Crippen molar-refractivity contribution >= 4 is 18.3 Å². The second kappa shape index (κ2) is 8.37. The van der Waals surface area contributed by atoms with Crippen LogP contribution in [0, 0.1) is 0 Å². The fraction of sp³-hybridized carbons (Fsp3) is 0.562. The first-order valence-corrected chi connectivity index (χ1v) is 7.40. The summed E-state index contributed by atoms with van der Waals surface area (Å²) in [6.07, 6.45) is 1.01. The molecule has 1 heterocycles. The Labute approximate surface area is 133 Å². The molecule has 1 aliphatic rings. The van der Waals surface area contributed by atoms with Crippen molar-refractivity contribution in [3.05, 3.63) is 35.9 Å². The predicted octanol–water partition coefficient (Wildman–Crippen LogP) is 1.88. The third kappa shape index (κ3) is 4.99. The summed E-state index contributed by atoms with van der Waals surface area (Å²) < 4.78 is 0. The van der Waals surface area contributed by atoms with Crippen molar-refractivity contribution in [3.63, 3.8) is 0 Å². The Balaban J connectivity index is 0.00000220. The molecule has 1 fully saturated rings. The van der Waals surface area contributed by atoms with Gasteiger partial charge in [0, 0.05) is 32.2 Å². The molecule has 1 aromatic carbocycles. The number of carbonyl (C=O) groups excluding carboxylic acids is 1. The molecule has 0 radical (unpaired) electrons. The number of hydrogen-bond acceptors (Lipinski definition) is 3. The molecule has 5 heteroatoms. The molecule has 4 nitrogen and oxygen atoms in total. The number of rotatable bonds is 3. The van der Waals surface area contributed by atoms with Crippen molar-refractivity contribution < 1.29 is 4.79 Å². The van der Waals surface area contributed by atoms with E-state index in [9.17, 15) is 4.79 Å². The lowest BCUT2D eigenvalue weighted by Crippen LogP contribution is -2.48. The second-order valence-electron chi connectivity index (χ2n) is 5.74. The Morgan fingerprint density at radius 2 is 2.00 bits per heavy atom. The van der Waals surface area contributed by atoms with Crippen LogP contribution in [-0.2, 0) is 11.3 Å². The Bertz CT molecular complexity index is 438. The predicted molar refractivity (Wildman–Crippen MR) is 88.4 cm³/mol. The lowest BCUT2D eigenvalue weighted by molar-refractivity contribution is -0.134. The largest absolute Gasteiger partial charge is 0.337 e. The van der Waals surface area contributed by atoms with E-state index in [1.54, 1.807) is 6.92 Å². The smallest absolute Gasteiger partial charge is 0.239 e. The minimum atomic E-state index is -0.405. The van der Waals surface area contributed by atoms with Crippen LogP contribution in [-0.4, -0.2) is 47.4 Å². The van der Waals surface area contributed by atoms with Crippen LogP contribution in [0.5, 0.6) is 0 Å². The van der Waals surface area contributed by atoms with E-state index in [2.05, 4.69) is 36.1 Å². The summed E-state index contributed by atoms with van der Waals surface area (Å²) in [5.74, 6) is 0.0686. The lowest BCUT2D eigenvalue weighted by Gasteiger charge is -2.30. The van der Waals surface area contributed by atoms with Crippen LogP contribution < -0.4 is 5.73 Å². The van der Waals surface area contributed by atoms with Crippen molar-refractivity contribution in [1.82, 2.24) is 9.80 Å². The molecule has 1 unspecified atom stereocenters. The lowest BCUT2D eigenvalue weighted by atomic mass is 10.2. The summed E-state index contributed by atoms with van der Waals surface area (Å²) in [5.41, 5.74) is 7.06. The van der Waals surface area contributed by atoms with Gasteiger partial charge in [0.05, 0.1) is 6.04 Å². The van der Waals surface area contributed by atoms with Gasteiger partial charge in [-0.1, -0.05) is 30.3 Å². The van der Waals surface area contributed by atoms with E-state index in [0.717, 1.165) is 32.6 Å². The molecule has 0 aliphatic carbocycles. The molecule has 0 aromatic heterocycles. The van der Waals surface area contributed by atoms with Crippen LogP contribution in [0.1, 0.15) is 25.8 Å². The van der Waals surface area contributed by atoms with Crippen LogP contribution in [0.4, 0.5) is 0 Å². The average molecular weight is 312 g/mol. The maximum atomic E-state index is 12.1. The van der Waals surface area contributed by atoms with Gasteiger partial charge in [0.2, 0.25) is 5.91 Å². The zero-order valence-corrected chi connectivity index (χ0v) is 13.7. The van der Waals surface area contributed by atoms with Gasteiger partial charge in [-0.2, -0.15) is 0 Å². The normalized spacial score (nSPS) is 21.3. The van der Waals surface area contributed by atoms with Crippen molar-refractivity contribution in [2.45, 2.75) is 38.9 Å². The zero-order chi connectivity index (χ0) is 14.5. The van der Waals surface area contributed by atoms with E-state index >= 15 is 0 Å². The number of hydrogen-bond donors (Lipinski definition) is 1. The highest BCUT2D eigenvalue weighted by molar-refractivity contribution is 5.85. The van der Waals surface area contributed by atoms with Gasteiger partial charge in [-0.25, -0.2) is 0 Å². The number of nitrogens with zero attached hydrogens (tertiary/aromatic N) is 2. The van der Waals surface area contributed by atoms with Crippen LogP contribution in [0.25, 0.3) is 0 Å². The molecule has 1 amide bonds. The van der Waals surface area contributed by atoms with Gasteiger partial charge in [-0.05, 0) is 25.8 Å². The number of amides is 1. The van der Waals surface area contributed by atoms with E-state index in [1.807, 2.05) is 11.0 Å². The van der Waals surface area contributed by atoms with E-state index < -0.39 is 6.04 Å². The molecule has 1 saturated heterocycles. The monoisotopic (exact) mass is 311 g/mol. The van der Waals surface area contributed by atoms with Gasteiger partial charge in [-0.3, -0.25) is 9.69 Å². The van der Waals surface area contributed by atoms with Crippen molar-refractivity contribution in [1.29, 1.82) is 0 Å². The van der Waals surface area contributed by atoms with Crippen LogP contribution in [0.3, 0.4) is 0 Å². The molecule has 118 valence electrons. The Hall–Kier alpha value is -1.10. The third-order valence-electron chi connectivity index (χ3n) is 3.85. The van der Waals surface area contributed by atoms with Crippen LogP contribution in [0.15, 0.2) is 30.3 Å². The Kier molecular flexibility index (Phi) is 7.15. The standard InChI is InChI=1S/C16H25N3O.ClH/c1-13-11-18(12-15-7-4-3-5-8-15)9-6-10-19(13)16(20)14(2)17;/h3-5,7-8,13-14H,6,9-12,17H2,1-2H3;1H/t13?,14-;/m1./s1. The minimum Gasteiger partial charge on any atom is -0.337 e. The van der Waals surface area contributed by atoms with Gasteiger partial charge < -0.3 is 10.6 Å². The van der Waals surface area contributed by atoms with Gasteiger partial charge >= 0.3 is 0 Å². The van der Waals surface area contributed by atoms with Gasteiger partial charge in [0.15, 0.2) is 0 Å². The molecular formula is C16H26ClN3O. The fourth-order valence-corrected chi connectivity index (χ4v) is 2.82. The molecule has 1 aromatic rings. The topological polar surface area (TPSA) is 49.6 Å². The highest BCUT2D eigenvalue weighted by Gasteiger charge is 2.26. The summed E-state index contributed by atoms with van der Waals surface area (Å²) in [4.78, 5) is 16.5.